The van der Waals surface area contributed by atoms with Gasteiger partial charge in [0.25, 0.3) is 10.0 Å². The number of nitrogens with zero attached hydrogens (tertiary/aromatic N) is 1. The molecule has 0 aliphatic carbocycles. The summed E-state index contributed by atoms with van der Waals surface area (Å²) in [6.07, 6.45) is 1.94. The fourth-order valence-corrected chi connectivity index (χ4v) is 4.95. The van der Waals surface area contributed by atoms with Gasteiger partial charge in [0.2, 0.25) is 5.91 Å². The minimum atomic E-state index is -4.02. The fraction of sp³-hybridized carbons (Fsp3) is 0.174. The third-order valence-corrected chi connectivity index (χ3v) is 7.07. The van der Waals surface area contributed by atoms with Gasteiger partial charge >= 0.3 is 0 Å². The van der Waals surface area contributed by atoms with E-state index in [1.54, 1.807) is 48.2 Å². The number of benzene rings is 3. The van der Waals surface area contributed by atoms with Gasteiger partial charge in [-0.05, 0) is 61.2 Å². The van der Waals surface area contributed by atoms with E-state index in [4.69, 9.17) is 4.74 Å². The molecule has 0 spiro atoms. The molecule has 1 amide bonds. The minimum Gasteiger partial charge on any atom is -0.495 e. The third-order valence-electron chi connectivity index (χ3n) is 4.57. The van der Waals surface area contributed by atoms with Crippen LogP contribution < -0.4 is 14.4 Å². The standard InChI is InChI=1S/C23H24N2O4S2/c1-17-12-13-22(29-2)21(14-17)25(31(27,28)20-10-5-4-6-11-20)16-23(26)24-18-8-7-9-19(15-18)30-3/h4-15H,16H2,1-3H3,(H,24,26). The number of ether oxygens (including phenoxy) is 1. The van der Waals surface area contributed by atoms with Crippen molar-refractivity contribution >= 4 is 39.1 Å². The number of anilines is 2. The maximum atomic E-state index is 13.5. The minimum absolute atomic E-state index is 0.0933. The van der Waals surface area contributed by atoms with E-state index in [-0.39, 0.29) is 4.90 Å². The van der Waals surface area contributed by atoms with Crippen molar-refractivity contribution in [2.75, 3.05) is 29.5 Å². The summed E-state index contributed by atoms with van der Waals surface area (Å²) in [5.74, 6) is -0.0939. The first-order chi connectivity index (χ1) is 14.8. The second-order valence-corrected chi connectivity index (χ2v) is 9.52. The van der Waals surface area contributed by atoms with E-state index in [0.29, 0.717) is 17.1 Å². The van der Waals surface area contributed by atoms with Crippen molar-refractivity contribution in [3.05, 3.63) is 78.4 Å². The summed E-state index contributed by atoms with van der Waals surface area (Å²) < 4.78 is 33.5. The summed E-state index contributed by atoms with van der Waals surface area (Å²) >= 11 is 1.55. The average molecular weight is 457 g/mol. The molecule has 0 saturated carbocycles. The van der Waals surface area contributed by atoms with Crippen LogP contribution in [0.1, 0.15) is 5.56 Å². The van der Waals surface area contributed by atoms with Crippen molar-refractivity contribution in [2.24, 2.45) is 0 Å². The summed E-state index contributed by atoms with van der Waals surface area (Å²) in [5, 5.41) is 2.79. The molecule has 0 aliphatic heterocycles. The molecule has 0 bridgehead atoms. The molecule has 0 aromatic heterocycles. The lowest BCUT2D eigenvalue weighted by Crippen LogP contribution is -2.38. The van der Waals surface area contributed by atoms with Crippen molar-refractivity contribution in [3.8, 4) is 5.75 Å². The highest BCUT2D eigenvalue weighted by Crippen LogP contribution is 2.33. The van der Waals surface area contributed by atoms with Gasteiger partial charge < -0.3 is 10.1 Å². The first kappa shape index (κ1) is 22.7. The van der Waals surface area contributed by atoms with E-state index in [1.165, 1.54) is 19.2 Å². The predicted octanol–water partition coefficient (Wildman–Crippen LogP) is 4.56. The topological polar surface area (TPSA) is 75.7 Å². The van der Waals surface area contributed by atoms with Crippen molar-refractivity contribution in [1.82, 2.24) is 0 Å². The maximum Gasteiger partial charge on any atom is 0.264 e. The van der Waals surface area contributed by atoms with E-state index >= 15 is 0 Å². The Hall–Kier alpha value is -2.97. The van der Waals surface area contributed by atoms with Crippen LogP contribution in [0.15, 0.2) is 82.6 Å². The molecule has 0 heterocycles. The summed E-state index contributed by atoms with van der Waals surface area (Å²) in [7, 11) is -2.55. The van der Waals surface area contributed by atoms with Gasteiger partial charge in [-0.3, -0.25) is 9.10 Å². The van der Waals surface area contributed by atoms with Gasteiger partial charge in [0.05, 0.1) is 17.7 Å². The van der Waals surface area contributed by atoms with Gasteiger partial charge in [0, 0.05) is 10.6 Å². The Balaban J connectivity index is 2.00. The Bertz CT molecular complexity index is 1170. The van der Waals surface area contributed by atoms with Crippen LogP contribution in [0.4, 0.5) is 11.4 Å². The summed E-state index contributed by atoms with van der Waals surface area (Å²) in [4.78, 5) is 14.0. The monoisotopic (exact) mass is 456 g/mol. The number of carbonyl (C=O) groups is 1. The Kier molecular flexibility index (Phi) is 7.25. The first-order valence-corrected chi connectivity index (χ1v) is 12.2. The Labute approximate surface area is 187 Å². The largest absolute Gasteiger partial charge is 0.495 e. The van der Waals surface area contributed by atoms with Crippen LogP contribution in [0.2, 0.25) is 0 Å². The molecule has 3 rings (SSSR count). The molecule has 3 aromatic carbocycles. The van der Waals surface area contributed by atoms with E-state index in [0.717, 1.165) is 14.8 Å². The molecule has 31 heavy (non-hydrogen) atoms. The number of rotatable bonds is 8. The Morgan fingerprint density at radius 2 is 1.77 bits per heavy atom. The molecule has 162 valence electrons. The molecule has 0 unspecified atom stereocenters. The zero-order valence-electron chi connectivity index (χ0n) is 17.5. The second kappa shape index (κ2) is 9.89. The van der Waals surface area contributed by atoms with Crippen molar-refractivity contribution in [2.45, 2.75) is 16.7 Å². The number of sulfonamides is 1. The number of amides is 1. The van der Waals surface area contributed by atoms with Crippen LogP contribution in [0.25, 0.3) is 0 Å². The molecule has 0 saturated heterocycles. The van der Waals surface area contributed by atoms with Crippen LogP contribution >= 0.6 is 11.8 Å². The predicted molar refractivity (Wildman–Crippen MR) is 126 cm³/mol. The average Bonchev–Trinajstić information content (AvgIpc) is 2.78. The van der Waals surface area contributed by atoms with Crippen LogP contribution in [-0.2, 0) is 14.8 Å². The molecule has 8 heteroatoms. The number of methoxy groups -OCH3 is 1. The lowest BCUT2D eigenvalue weighted by Gasteiger charge is -2.26. The summed E-state index contributed by atoms with van der Waals surface area (Å²) in [6, 6.07) is 20.6. The highest BCUT2D eigenvalue weighted by molar-refractivity contribution is 7.98. The molecular weight excluding hydrogens is 432 g/mol. The molecule has 0 radical (unpaired) electrons. The zero-order valence-corrected chi connectivity index (χ0v) is 19.2. The van der Waals surface area contributed by atoms with Gasteiger partial charge in [-0.1, -0.05) is 30.3 Å². The lowest BCUT2D eigenvalue weighted by molar-refractivity contribution is -0.114. The second-order valence-electron chi connectivity index (χ2n) is 6.78. The van der Waals surface area contributed by atoms with Gasteiger partial charge in [-0.25, -0.2) is 8.42 Å². The molecule has 6 nitrogen and oxygen atoms in total. The SMILES string of the molecule is COc1ccc(C)cc1N(CC(=O)Nc1cccc(SC)c1)S(=O)(=O)c1ccccc1. The highest BCUT2D eigenvalue weighted by Gasteiger charge is 2.29. The summed E-state index contributed by atoms with van der Waals surface area (Å²) in [5.41, 5.74) is 1.75. The zero-order chi connectivity index (χ0) is 22.4. The summed E-state index contributed by atoms with van der Waals surface area (Å²) in [6.45, 7) is 1.45. The number of aryl methyl sites for hydroxylation is 1. The van der Waals surface area contributed by atoms with Gasteiger partial charge in [-0.15, -0.1) is 11.8 Å². The van der Waals surface area contributed by atoms with Crippen LogP contribution in [0.5, 0.6) is 5.75 Å². The molecule has 0 atom stereocenters. The van der Waals surface area contributed by atoms with Crippen molar-refractivity contribution < 1.29 is 17.9 Å². The van der Waals surface area contributed by atoms with E-state index in [1.807, 2.05) is 37.4 Å². The quantitative estimate of drug-likeness (QED) is 0.503. The van der Waals surface area contributed by atoms with Crippen molar-refractivity contribution in [1.29, 1.82) is 0 Å². The lowest BCUT2D eigenvalue weighted by atomic mass is 10.2. The number of nitrogens with one attached hydrogen (secondary N) is 1. The maximum absolute atomic E-state index is 13.5. The van der Waals surface area contributed by atoms with Crippen LogP contribution in [0, 0.1) is 6.92 Å². The van der Waals surface area contributed by atoms with E-state index < -0.39 is 22.5 Å². The molecule has 1 N–H and O–H groups in total. The number of carbonyl (C=O) groups excluding carboxylic acids is 1. The van der Waals surface area contributed by atoms with Gasteiger partial charge in [-0.2, -0.15) is 0 Å². The van der Waals surface area contributed by atoms with Gasteiger partial charge in [0.1, 0.15) is 12.3 Å². The Morgan fingerprint density at radius 1 is 1.03 bits per heavy atom. The third kappa shape index (κ3) is 5.39. The van der Waals surface area contributed by atoms with E-state index in [2.05, 4.69) is 5.32 Å². The van der Waals surface area contributed by atoms with Gasteiger partial charge in [0.15, 0.2) is 0 Å². The first-order valence-electron chi connectivity index (χ1n) is 9.51. The Morgan fingerprint density at radius 3 is 2.45 bits per heavy atom. The molecule has 0 fully saturated rings. The van der Waals surface area contributed by atoms with Crippen LogP contribution in [0.3, 0.4) is 0 Å². The molecular formula is C23H24N2O4S2. The number of hydrogen-bond donors (Lipinski definition) is 1. The van der Waals surface area contributed by atoms with Crippen molar-refractivity contribution in [3.63, 3.8) is 0 Å². The smallest absolute Gasteiger partial charge is 0.264 e. The molecule has 0 aliphatic rings. The van der Waals surface area contributed by atoms with E-state index in [9.17, 15) is 13.2 Å². The fourth-order valence-electron chi connectivity index (χ4n) is 3.05. The number of thioether (sulfide) groups is 1. The normalized spacial score (nSPS) is 11.1. The molecule has 3 aromatic rings. The number of hydrogen-bond acceptors (Lipinski definition) is 5. The van der Waals surface area contributed by atoms with Crippen LogP contribution in [-0.4, -0.2) is 34.2 Å². The highest BCUT2D eigenvalue weighted by atomic mass is 32.2.